The molecule has 0 spiro atoms. The van der Waals surface area contributed by atoms with Crippen molar-refractivity contribution in [3.63, 3.8) is 0 Å². The van der Waals surface area contributed by atoms with Gasteiger partial charge in [0.2, 0.25) is 0 Å². The minimum absolute atomic E-state index is 0.219. The highest BCUT2D eigenvalue weighted by Gasteiger charge is 2.22. The molecule has 0 aliphatic carbocycles. The maximum absolute atomic E-state index is 13.1. The highest BCUT2D eigenvalue weighted by atomic mass is 16.5. The first-order chi connectivity index (χ1) is 16.6. The fourth-order valence-electron chi connectivity index (χ4n) is 3.54. The molecule has 0 atom stereocenters. The van der Waals surface area contributed by atoms with Gasteiger partial charge in [0.15, 0.2) is 17.2 Å². The summed E-state index contributed by atoms with van der Waals surface area (Å²) >= 11 is 0. The van der Waals surface area contributed by atoms with Crippen LogP contribution < -0.4 is 19.5 Å². The van der Waals surface area contributed by atoms with E-state index in [0.717, 1.165) is 22.6 Å². The number of nitrogens with one attached hydrogen (secondary N) is 1. The number of ether oxygens (including phenoxy) is 3. The van der Waals surface area contributed by atoms with Gasteiger partial charge in [-0.3, -0.25) is 9.78 Å². The van der Waals surface area contributed by atoms with Crippen LogP contribution in [0.2, 0.25) is 0 Å². The maximum atomic E-state index is 13.1. The van der Waals surface area contributed by atoms with Crippen molar-refractivity contribution in [2.24, 2.45) is 0 Å². The lowest BCUT2D eigenvalue weighted by Gasteiger charge is -2.11. The van der Waals surface area contributed by atoms with Gasteiger partial charge in [0, 0.05) is 24.5 Å². The first-order valence-electron chi connectivity index (χ1n) is 10.6. The molecule has 1 N–H and O–H groups in total. The monoisotopic (exact) mass is 459 g/mol. The second-order valence-electron chi connectivity index (χ2n) is 7.33. The Labute approximate surface area is 197 Å². The Hall–Kier alpha value is -4.40. The quantitative estimate of drug-likeness (QED) is 0.410. The van der Waals surface area contributed by atoms with Crippen LogP contribution in [0, 0.1) is 0 Å². The summed E-state index contributed by atoms with van der Waals surface area (Å²) < 4.78 is 17.5. The third-order valence-electron chi connectivity index (χ3n) is 5.28. The van der Waals surface area contributed by atoms with Crippen molar-refractivity contribution in [2.45, 2.75) is 6.42 Å². The van der Waals surface area contributed by atoms with E-state index in [2.05, 4.69) is 20.6 Å². The lowest BCUT2D eigenvalue weighted by molar-refractivity contribution is 0.0949. The van der Waals surface area contributed by atoms with Gasteiger partial charge in [0.1, 0.15) is 11.4 Å². The SMILES string of the molecule is COc1ccc(-n2nnc(C(=O)NCCc3ccc(OC)c(OC)c3)c2-c2cccnc2)cc1. The molecule has 9 heteroatoms. The molecule has 2 aromatic carbocycles. The van der Waals surface area contributed by atoms with Crippen LogP contribution in [-0.4, -0.2) is 53.8 Å². The smallest absolute Gasteiger partial charge is 0.274 e. The Morgan fingerprint density at radius 1 is 0.971 bits per heavy atom. The molecule has 0 saturated heterocycles. The number of methoxy groups -OCH3 is 3. The van der Waals surface area contributed by atoms with Crippen LogP contribution in [0.3, 0.4) is 0 Å². The number of nitrogens with zero attached hydrogens (tertiary/aromatic N) is 4. The number of aromatic nitrogens is 4. The first kappa shape index (κ1) is 22.8. The van der Waals surface area contributed by atoms with Gasteiger partial charge in [-0.05, 0) is 60.5 Å². The lowest BCUT2D eigenvalue weighted by Crippen LogP contribution is -2.26. The summed E-state index contributed by atoms with van der Waals surface area (Å²) in [6, 6.07) is 16.7. The average Bonchev–Trinajstić information content (AvgIpc) is 3.34. The minimum Gasteiger partial charge on any atom is -0.497 e. The Morgan fingerprint density at radius 3 is 2.44 bits per heavy atom. The summed E-state index contributed by atoms with van der Waals surface area (Å²) in [5.74, 6) is 1.71. The van der Waals surface area contributed by atoms with E-state index < -0.39 is 0 Å². The number of amides is 1. The van der Waals surface area contributed by atoms with Crippen LogP contribution in [0.15, 0.2) is 67.0 Å². The number of benzene rings is 2. The zero-order valence-electron chi connectivity index (χ0n) is 19.2. The van der Waals surface area contributed by atoms with E-state index in [1.807, 2.05) is 48.5 Å². The Balaban J connectivity index is 1.56. The van der Waals surface area contributed by atoms with E-state index in [4.69, 9.17) is 14.2 Å². The van der Waals surface area contributed by atoms with Crippen LogP contribution in [0.25, 0.3) is 16.9 Å². The Kier molecular flexibility index (Phi) is 7.02. The summed E-state index contributed by atoms with van der Waals surface area (Å²) in [7, 11) is 4.79. The molecule has 174 valence electrons. The molecule has 0 unspecified atom stereocenters. The van der Waals surface area contributed by atoms with Gasteiger partial charge < -0.3 is 19.5 Å². The fourth-order valence-corrected chi connectivity index (χ4v) is 3.54. The summed E-state index contributed by atoms with van der Waals surface area (Å²) in [5, 5.41) is 11.4. The molecular formula is C25H25N5O4. The molecule has 0 fully saturated rings. The minimum atomic E-state index is -0.320. The molecule has 0 aliphatic rings. The predicted octanol–water partition coefficient (Wildman–Crippen LogP) is 3.33. The molecule has 4 aromatic rings. The molecule has 1 amide bonds. The van der Waals surface area contributed by atoms with Gasteiger partial charge in [0.25, 0.3) is 5.91 Å². The van der Waals surface area contributed by atoms with Crippen molar-refractivity contribution >= 4 is 5.91 Å². The topological polar surface area (TPSA) is 100 Å². The van der Waals surface area contributed by atoms with Crippen LogP contribution in [-0.2, 0) is 6.42 Å². The molecule has 2 heterocycles. The van der Waals surface area contributed by atoms with E-state index >= 15 is 0 Å². The predicted molar refractivity (Wildman–Crippen MR) is 127 cm³/mol. The molecule has 0 saturated carbocycles. The zero-order chi connectivity index (χ0) is 23.9. The second-order valence-corrected chi connectivity index (χ2v) is 7.33. The highest BCUT2D eigenvalue weighted by Crippen LogP contribution is 2.28. The van der Waals surface area contributed by atoms with Crippen molar-refractivity contribution in [2.75, 3.05) is 27.9 Å². The van der Waals surface area contributed by atoms with Crippen molar-refractivity contribution in [1.82, 2.24) is 25.3 Å². The van der Waals surface area contributed by atoms with Crippen LogP contribution in [0.1, 0.15) is 16.1 Å². The number of hydrogen-bond acceptors (Lipinski definition) is 7. The third kappa shape index (κ3) is 4.83. The molecule has 34 heavy (non-hydrogen) atoms. The van der Waals surface area contributed by atoms with E-state index in [1.165, 1.54) is 0 Å². The van der Waals surface area contributed by atoms with Crippen molar-refractivity contribution in [3.8, 4) is 34.2 Å². The number of hydrogen-bond donors (Lipinski definition) is 1. The van der Waals surface area contributed by atoms with Gasteiger partial charge in [-0.15, -0.1) is 5.10 Å². The highest BCUT2D eigenvalue weighted by molar-refractivity contribution is 5.98. The van der Waals surface area contributed by atoms with Gasteiger partial charge in [-0.1, -0.05) is 11.3 Å². The molecule has 2 aromatic heterocycles. The van der Waals surface area contributed by atoms with Crippen LogP contribution in [0.5, 0.6) is 17.2 Å². The largest absolute Gasteiger partial charge is 0.497 e. The van der Waals surface area contributed by atoms with Crippen molar-refractivity contribution < 1.29 is 19.0 Å². The second kappa shape index (κ2) is 10.5. The number of rotatable bonds is 9. The number of carbonyl (C=O) groups excluding carboxylic acids is 1. The van der Waals surface area contributed by atoms with E-state index in [1.54, 1.807) is 44.5 Å². The van der Waals surface area contributed by atoms with E-state index in [0.29, 0.717) is 30.2 Å². The van der Waals surface area contributed by atoms with E-state index in [-0.39, 0.29) is 11.6 Å². The average molecular weight is 460 g/mol. The Morgan fingerprint density at radius 2 is 1.76 bits per heavy atom. The standard InChI is InChI=1S/C25H25N5O4/c1-32-20-9-7-19(8-10-20)30-24(18-5-4-13-26-16-18)23(28-29-30)25(31)27-14-12-17-6-11-21(33-2)22(15-17)34-3/h4-11,13,15-16H,12,14H2,1-3H3,(H,27,31). The molecule has 0 aliphatic heterocycles. The summed E-state index contributed by atoms with van der Waals surface area (Å²) in [6.07, 6.45) is 3.97. The third-order valence-corrected chi connectivity index (χ3v) is 5.28. The summed E-state index contributed by atoms with van der Waals surface area (Å²) in [6.45, 7) is 0.413. The lowest BCUT2D eigenvalue weighted by atomic mass is 10.1. The van der Waals surface area contributed by atoms with Crippen molar-refractivity contribution in [3.05, 3.63) is 78.2 Å². The Bertz CT molecular complexity index is 1260. The first-order valence-corrected chi connectivity index (χ1v) is 10.6. The molecule has 4 rings (SSSR count). The molecule has 0 radical (unpaired) electrons. The number of carbonyl (C=O) groups is 1. The molecular weight excluding hydrogens is 434 g/mol. The van der Waals surface area contributed by atoms with Gasteiger partial charge in [0.05, 0.1) is 27.0 Å². The molecule has 9 nitrogen and oxygen atoms in total. The van der Waals surface area contributed by atoms with Crippen LogP contribution in [0.4, 0.5) is 0 Å². The van der Waals surface area contributed by atoms with Crippen LogP contribution >= 0.6 is 0 Å². The normalized spacial score (nSPS) is 10.6. The summed E-state index contributed by atoms with van der Waals surface area (Å²) in [5.41, 5.74) is 3.26. The van der Waals surface area contributed by atoms with Crippen molar-refractivity contribution in [1.29, 1.82) is 0 Å². The maximum Gasteiger partial charge on any atom is 0.274 e. The zero-order valence-corrected chi connectivity index (χ0v) is 19.2. The van der Waals surface area contributed by atoms with Gasteiger partial charge in [-0.25, -0.2) is 4.68 Å². The van der Waals surface area contributed by atoms with E-state index in [9.17, 15) is 4.79 Å². The summed E-state index contributed by atoms with van der Waals surface area (Å²) in [4.78, 5) is 17.3. The van der Waals surface area contributed by atoms with Gasteiger partial charge in [-0.2, -0.15) is 0 Å². The fraction of sp³-hybridized carbons (Fsp3) is 0.200. The van der Waals surface area contributed by atoms with Gasteiger partial charge >= 0.3 is 0 Å². The number of pyridine rings is 1. The molecule has 0 bridgehead atoms.